The van der Waals surface area contributed by atoms with E-state index in [4.69, 9.17) is 17.2 Å². The van der Waals surface area contributed by atoms with Gasteiger partial charge in [0.15, 0.2) is 0 Å². The number of anilines is 3. The predicted octanol–water partition coefficient (Wildman–Crippen LogP) is 2.01. The van der Waals surface area contributed by atoms with Crippen molar-refractivity contribution in [2.45, 2.75) is 0 Å². The van der Waals surface area contributed by atoms with Crippen LogP contribution in [0, 0.1) is 10.1 Å². The summed E-state index contributed by atoms with van der Waals surface area (Å²) in [5, 5.41) is 10.8. The Kier molecular flexibility index (Phi) is 2.77. The molecule has 2 aromatic rings. The van der Waals surface area contributed by atoms with Crippen molar-refractivity contribution < 1.29 is 4.92 Å². The molecule has 0 aromatic heterocycles. The Bertz CT molecular complexity index is 625. The summed E-state index contributed by atoms with van der Waals surface area (Å²) in [6.45, 7) is 0. The molecule has 0 amide bonds. The van der Waals surface area contributed by atoms with Gasteiger partial charge in [0, 0.05) is 6.07 Å². The van der Waals surface area contributed by atoms with Crippen LogP contribution in [0.3, 0.4) is 0 Å². The van der Waals surface area contributed by atoms with Crippen molar-refractivity contribution >= 4 is 22.7 Å². The lowest BCUT2D eigenvalue weighted by Gasteiger charge is -2.06. The van der Waals surface area contributed by atoms with Crippen molar-refractivity contribution in [2.24, 2.45) is 0 Å². The third-order valence-electron chi connectivity index (χ3n) is 2.65. The normalized spacial score (nSPS) is 10.2. The summed E-state index contributed by atoms with van der Waals surface area (Å²) in [5.41, 5.74) is 19.2. The molecule has 0 radical (unpaired) electrons. The van der Waals surface area contributed by atoms with Crippen molar-refractivity contribution in [1.82, 2.24) is 0 Å². The van der Waals surface area contributed by atoms with E-state index in [0.29, 0.717) is 16.9 Å². The quantitative estimate of drug-likeness (QED) is 0.423. The zero-order valence-electron chi connectivity index (χ0n) is 9.46. The topological polar surface area (TPSA) is 121 Å². The lowest BCUT2D eigenvalue weighted by Crippen LogP contribution is -1.97. The zero-order chi connectivity index (χ0) is 13.3. The van der Waals surface area contributed by atoms with Crippen LogP contribution in [0.4, 0.5) is 22.7 Å². The number of rotatable bonds is 2. The highest BCUT2D eigenvalue weighted by atomic mass is 16.6. The van der Waals surface area contributed by atoms with Crippen LogP contribution in [0.25, 0.3) is 11.1 Å². The van der Waals surface area contributed by atoms with E-state index in [2.05, 4.69) is 0 Å². The van der Waals surface area contributed by atoms with Gasteiger partial charge < -0.3 is 17.2 Å². The molecule has 6 nitrogen and oxygen atoms in total. The molecule has 0 aliphatic carbocycles. The van der Waals surface area contributed by atoms with Crippen molar-refractivity contribution in [1.29, 1.82) is 0 Å². The summed E-state index contributed by atoms with van der Waals surface area (Å²) in [7, 11) is 0. The molecule has 0 aliphatic heterocycles. The van der Waals surface area contributed by atoms with Crippen LogP contribution >= 0.6 is 0 Å². The van der Waals surface area contributed by atoms with Gasteiger partial charge in [-0.1, -0.05) is 12.1 Å². The number of nitro benzene ring substituents is 1. The Labute approximate surface area is 103 Å². The number of hydrogen-bond donors (Lipinski definition) is 3. The molecule has 0 fully saturated rings. The van der Waals surface area contributed by atoms with Gasteiger partial charge in [-0.2, -0.15) is 0 Å². The summed E-state index contributed by atoms with van der Waals surface area (Å²) in [4.78, 5) is 10.3. The number of hydrogen-bond acceptors (Lipinski definition) is 5. The second-order valence-corrected chi connectivity index (χ2v) is 3.87. The van der Waals surface area contributed by atoms with Crippen molar-refractivity contribution in [3.8, 4) is 11.1 Å². The van der Waals surface area contributed by atoms with Gasteiger partial charge >= 0.3 is 0 Å². The smallest absolute Gasteiger partial charge is 0.292 e. The third kappa shape index (κ3) is 2.03. The molecule has 0 unspecified atom stereocenters. The van der Waals surface area contributed by atoms with Crippen molar-refractivity contribution in [3.05, 3.63) is 46.5 Å². The summed E-state index contributed by atoms with van der Waals surface area (Å²) < 4.78 is 0. The highest BCUT2D eigenvalue weighted by molar-refractivity contribution is 5.77. The molecule has 0 spiro atoms. The molecule has 18 heavy (non-hydrogen) atoms. The first kappa shape index (κ1) is 11.7. The number of benzene rings is 2. The second kappa shape index (κ2) is 4.25. The SMILES string of the molecule is Nc1ccc(-c2ccc(N)c([N+](=O)[O-])c2)cc1N. The van der Waals surface area contributed by atoms with Gasteiger partial charge in [-0.3, -0.25) is 10.1 Å². The average Bonchev–Trinajstić information content (AvgIpc) is 2.33. The molecular weight excluding hydrogens is 232 g/mol. The Hall–Kier alpha value is -2.76. The van der Waals surface area contributed by atoms with Crippen LogP contribution in [-0.2, 0) is 0 Å². The van der Waals surface area contributed by atoms with E-state index in [1.165, 1.54) is 12.1 Å². The van der Waals surface area contributed by atoms with Crippen molar-refractivity contribution in [2.75, 3.05) is 17.2 Å². The summed E-state index contributed by atoms with van der Waals surface area (Å²) >= 11 is 0. The largest absolute Gasteiger partial charge is 0.397 e. The molecule has 2 rings (SSSR count). The Balaban J connectivity index is 2.54. The minimum Gasteiger partial charge on any atom is -0.397 e. The molecule has 2 aromatic carbocycles. The monoisotopic (exact) mass is 244 g/mol. The van der Waals surface area contributed by atoms with Gasteiger partial charge in [0.1, 0.15) is 5.69 Å². The first-order valence-electron chi connectivity index (χ1n) is 5.18. The summed E-state index contributed by atoms with van der Waals surface area (Å²) in [6, 6.07) is 9.70. The van der Waals surface area contributed by atoms with E-state index >= 15 is 0 Å². The maximum atomic E-state index is 10.8. The van der Waals surface area contributed by atoms with Gasteiger partial charge in [0.05, 0.1) is 16.3 Å². The Morgan fingerprint density at radius 1 is 0.833 bits per heavy atom. The standard InChI is InChI=1S/C12H12N4O2/c13-9-3-1-7(5-11(9)15)8-2-4-10(14)12(6-8)16(17)18/h1-6H,13-15H2. The lowest BCUT2D eigenvalue weighted by atomic mass is 10.0. The van der Waals surface area contributed by atoms with Crippen LogP contribution in [0.5, 0.6) is 0 Å². The van der Waals surface area contributed by atoms with E-state index in [-0.39, 0.29) is 11.4 Å². The molecule has 0 bridgehead atoms. The molecule has 92 valence electrons. The zero-order valence-corrected chi connectivity index (χ0v) is 9.46. The molecule has 0 aliphatic rings. The maximum absolute atomic E-state index is 10.8. The second-order valence-electron chi connectivity index (χ2n) is 3.87. The van der Waals surface area contributed by atoms with E-state index < -0.39 is 4.92 Å². The number of nitro groups is 1. The van der Waals surface area contributed by atoms with Gasteiger partial charge in [0.25, 0.3) is 5.69 Å². The summed E-state index contributed by atoms with van der Waals surface area (Å²) in [5.74, 6) is 0. The number of nitrogens with zero attached hydrogens (tertiary/aromatic N) is 1. The average molecular weight is 244 g/mol. The lowest BCUT2D eigenvalue weighted by molar-refractivity contribution is -0.383. The van der Waals surface area contributed by atoms with E-state index in [1.54, 1.807) is 24.3 Å². The Morgan fingerprint density at radius 3 is 1.94 bits per heavy atom. The number of nitrogens with two attached hydrogens (primary N) is 3. The third-order valence-corrected chi connectivity index (χ3v) is 2.65. The fourth-order valence-electron chi connectivity index (χ4n) is 1.64. The van der Waals surface area contributed by atoms with Crippen molar-refractivity contribution in [3.63, 3.8) is 0 Å². The molecule has 0 saturated heterocycles. The first-order valence-corrected chi connectivity index (χ1v) is 5.18. The minimum absolute atomic E-state index is 0.122. The predicted molar refractivity (Wildman–Crippen MR) is 71.8 cm³/mol. The van der Waals surface area contributed by atoms with E-state index in [1.807, 2.05) is 0 Å². The highest BCUT2D eigenvalue weighted by Crippen LogP contribution is 2.30. The van der Waals surface area contributed by atoms with Crippen LogP contribution in [0.2, 0.25) is 0 Å². The van der Waals surface area contributed by atoms with Crippen LogP contribution in [-0.4, -0.2) is 4.92 Å². The Morgan fingerprint density at radius 2 is 1.39 bits per heavy atom. The molecular formula is C12H12N4O2. The van der Waals surface area contributed by atoms with Crippen LogP contribution in [0.1, 0.15) is 0 Å². The van der Waals surface area contributed by atoms with E-state index in [9.17, 15) is 10.1 Å². The van der Waals surface area contributed by atoms with Crippen LogP contribution < -0.4 is 17.2 Å². The molecule has 6 N–H and O–H groups in total. The first-order chi connectivity index (χ1) is 8.49. The maximum Gasteiger partial charge on any atom is 0.292 e. The fourth-order valence-corrected chi connectivity index (χ4v) is 1.64. The highest BCUT2D eigenvalue weighted by Gasteiger charge is 2.12. The molecule has 0 atom stereocenters. The van der Waals surface area contributed by atoms with E-state index in [0.717, 1.165) is 5.56 Å². The minimum atomic E-state index is -0.514. The molecule has 0 saturated carbocycles. The fraction of sp³-hybridized carbons (Fsp3) is 0. The van der Waals surface area contributed by atoms with Gasteiger partial charge in [-0.25, -0.2) is 0 Å². The van der Waals surface area contributed by atoms with Gasteiger partial charge in [-0.05, 0) is 29.3 Å². The molecule has 0 heterocycles. The summed E-state index contributed by atoms with van der Waals surface area (Å²) in [6.07, 6.45) is 0. The molecule has 6 heteroatoms. The van der Waals surface area contributed by atoms with Gasteiger partial charge in [-0.15, -0.1) is 0 Å². The van der Waals surface area contributed by atoms with Gasteiger partial charge in [0.2, 0.25) is 0 Å². The number of nitrogen functional groups attached to an aromatic ring is 3. The van der Waals surface area contributed by atoms with Crippen LogP contribution in [0.15, 0.2) is 36.4 Å².